The summed E-state index contributed by atoms with van der Waals surface area (Å²) >= 11 is 0. The molecule has 0 spiro atoms. The molecule has 0 aliphatic carbocycles. The van der Waals surface area contributed by atoms with Gasteiger partial charge in [-0.2, -0.15) is 0 Å². The second kappa shape index (κ2) is 6.02. The van der Waals surface area contributed by atoms with Gasteiger partial charge >= 0.3 is 0 Å². The molecule has 0 aromatic heterocycles. The Morgan fingerprint density at radius 3 is 2.93 bits per heavy atom. The average Bonchev–Trinajstić information content (AvgIpc) is 2.25. The van der Waals surface area contributed by atoms with E-state index in [2.05, 4.69) is 17.1 Å². The van der Waals surface area contributed by atoms with Gasteiger partial charge in [-0.15, -0.1) is 0 Å². The maximum Gasteiger partial charge on any atom is 0.224 e. The Labute approximate surface area is 86.9 Å². The first-order valence-corrected chi connectivity index (χ1v) is 5.73. The van der Waals surface area contributed by atoms with E-state index in [4.69, 9.17) is 0 Å². The van der Waals surface area contributed by atoms with Crippen LogP contribution >= 0.6 is 0 Å². The van der Waals surface area contributed by atoms with Crippen LogP contribution in [0.5, 0.6) is 0 Å². The third-order valence-electron chi connectivity index (χ3n) is 3.01. The highest BCUT2D eigenvalue weighted by Crippen LogP contribution is 2.19. The summed E-state index contributed by atoms with van der Waals surface area (Å²) in [6, 6.07) is 0.508. The molecule has 1 N–H and O–H groups in total. The maximum atomic E-state index is 11.8. The van der Waals surface area contributed by atoms with Crippen LogP contribution in [0.4, 0.5) is 0 Å². The molecule has 14 heavy (non-hydrogen) atoms. The van der Waals surface area contributed by atoms with E-state index < -0.39 is 0 Å². The minimum absolute atomic E-state index is 0.325. The highest BCUT2D eigenvalue weighted by molar-refractivity contribution is 5.76. The van der Waals surface area contributed by atoms with Crippen LogP contribution in [-0.2, 0) is 4.79 Å². The number of nitrogens with one attached hydrogen (secondary N) is 1. The van der Waals surface area contributed by atoms with Gasteiger partial charge in [0.25, 0.3) is 0 Å². The molecule has 1 heterocycles. The predicted octanol–water partition coefficient (Wildman–Crippen LogP) is 1.39. The number of hydrogen-bond acceptors (Lipinski definition) is 2. The molecule has 3 nitrogen and oxygen atoms in total. The Balaban J connectivity index is 2.41. The Kier molecular flexibility index (Phi) is 4.94. The van der Waals surface area contributed by atoms with Crippen molar-refractivity contribution in [1.29, 1.82) is 0 Å². The van der Waals surface area contributed by atoms with Crippen LogP contribution in [0.2, 0.25) is 0 Å². The van der Waals surface area contributed by atoms with Crippen LogP contribution in [0, 0.1) is 0 Å². The predicted molar refractivity (Wildman–Crippen MR) is 58.2 cm³/mol. The average molecular weight is 198 g/mol. The maximum absolute atomic E-state index is 11.8. The minimum Gasteiger partial charge on any atom is -0.340 e. The first-order chi connectivity index (χ1) is 6.79. The molecule has 1 fully saturated rings. The number of piperidine rings is 1. The van der Waals surface area contributed by atoms with Gasteiger partial charge in [0.15, 0.2) is 0 Å². The molecule has 0 bridgehead atoms. The zero-order chi connectivity index (χ0) is 10.4. The van der Waals surface area contributed by atoms with E-state index in [1.165, 1.54) is 19.3 Å². The summed E-state index contributed by atoms with van der Waals surface area (Å²) in [5.74, 6) is 0.325. The van der Waals surface area contributed by atoms with Gasteiger partial charge in [0.2, 0.25) is 5.91 Å². The number of hydrogen-bond donors (Lipinski definition) is 1. The van der Waals surface area contributed by atoms with E-state index in [1.807, 2.05) is 7.05 Å². The molecule has 0 radical (unpaired) electrons. The van der Waals surface area contributed by atoms with Crippen molar-refractivity contribution in [1.82, 2.24) is 10.2 Å². The van der Waals surface area contributed by atoms with Crippen molar-refractivity contribution in [3.8, 4) is 0 Å². The van der Waals surface area contributed by atoms with Crippen molar-refractivity contribution in [3.05, 3.63) is 0 Å². The van der Waals surface area contributed by atoms with Crippen molar-refractivity contribution < 1.29 is 4.79 Å². The third kappa shape index (κ3) is 2.98. The number of carbonyl (C=O) groups is 1. The molecule has 3 heteroatoms. The first-order valence-electron chi connectivity index (χ1n) is 5.73. The summed E-state index contributed by atoms with van der Waals surface area (Å²) in [7, 11) is 1.89. The molecule has 1 rings (SSSR count). The van der Waals surface area contributed by atoms with E-state index in [9.17, 15) is 4.79 Å². The van der Waals surface area contributed by atoms with Crippen LogP contribution in [0.25, 0.3) is 0 Å². The summed E-state index contributed by atoms with van der Waals surface area (Å²) in [5.41, 5.74) is 0. The number of amides is 1. The summed E-state index contributed by atoms with van der Waals surface area (Å²) in [5, 5.41) is 3.02. The second-order valence-corrected chi connectivity index (χ2v) is 4.00. The van der Waals surface area contributed by atoms with Crippen molar-refractivity contribution in [2.75, 3.05) is 20.1 Å². The van der Waals surface area contributed by atoms with E-state index in [-0.39, 0.29) is 0 Å². The van der Waals surface area contributed by atoms with Crippen molar-refractivity contribution >= 4 is 5.91 Å². The van der Waals surface area contributed by atoms with Gasteiger partial charge in [-0.25, -0.2) is 0 Å². The standard InChI is InChI=1S/C11H22N2O/c1-3-10-6-4-5-9-13(10)11(14)7-8-12-2/h10,12H,3-9H2,1-2H3. The van der Waals surface area contributed by atoms with E-state index in [1.54, 1.807) is 0 Å². The monoisotopic (exact) mass is 198 g/mol. The quantitative estimate of drug-likeness (QED) is 0.740. The minimum atomic E-state index is 0.325. The van der Waals surface area contributed by atoms with Gasteiger partial charge in [-0.1, -0.05) is 6.92 Å². The van der Waals surface area contributed by atoms with Crippen molar-refractivity contribution in [2.24, 2.45) is 0 Å². The molecule has 82 valence electrons. The molecule has 1 amide bonds. The van der Waals surface area contributed by atoms with Crippen molar-refractivity contribution in [3.63, 3.8) is 0 Å². The van der Waals surface area contributed by atoms with Gasteiger partial charge in [0.1, 0.15) is 0 Å². The van der Waals surface area contributed by atoms with Crippen LogP contribution < -0.4 is 5.32 Å². The number of carbonyl (C=O) groups excluding carboxylic acids is 1. The molecule has 1 saturated heterocycles. The Hall–Kier alpha value is -0.570. The molecular weight excluding hydrogens is 176 g/mol. The molecule has 0 saturated carbocycles. The topological polar surface area (TPSA) is 32.3 Å². The largest absolute Gasteiger partial charge is 0.340 e. The van der Waals surface area contributed by atoms with Gasteiger partial charge < -0.3 is 10.2 Å². The fourth-order valence-electron chi connectivity index (χ4n) is 2.13. The lowest BCUT2D eigenvalue weighted by Gasteiger charge is -2.35. The van der Waals surface area contributed by atoms with E-state index >= 15 is 0 Å². The lowest BCUT2D eigenvalue weighted by Crippen LogP contribution is -2.44. The highest BCUT2D eigenvalue weighted by Gasteiger charge is 2.24. The van der Waals surface area contributed by atoms with Gasteiger partial charge in [-0.3, -0.25) is 4.79 Å². The van der Waals surface area contributed by atoms with E-state index in [0.29, 0.717) is 18.4 Å². The lowest BCUT2D eigenvalue weighted by molar-refractivity contribution is -0.134. The van der Waals surface area contributed by atoms with Gasteiger partial charge in [0.05, 0.1) is 0 Å². The smallest absolute Gasteiger partial charge is 0.224 e. The Bertz CT molecular complexity index is 182. The Morgan fingerprint density at radius 2 is 2.29 bits per heavy atom. The SMILES string of the molecule is CCC1CCCCN1C(=O)CCNC. The van der Waals surface area contributed by atoms with E-state index in [0.717, 1.165) is 19.5 Å². The third-order valence-corrected chi connectivity index (χ3v) is 3.01. The van der Waals surface area contributed by atoms with Crippen LogP contribution in [-0.4, -0.2) is 37.0 Å². The zero-order valence-corrected chi connectivity index (χ0v) is 9.38. The number of nitrogens with zero attached hydrogens (tertiary/aromatic N) is 1. The summed E-state index contributed by atoms with van der Waals surface area (Å²) in [6.45, 7) is 3.95. The normalized spacial score (nSPS) is 22.4. The molecule has 1 atom stereocenters. The molecular formula is C11H22N2O. The molecule has 0 aromatic carbocycles. The zero-order valence-electron chi connectivity index (χ0n) is 9.38. The summed E-state index contributed by atoms with van der Waals surface area (Å²) < 4.78 is 0. The van der Waals surface area contributed by atoms with Gasteiger partial charge in [-0.05, 0) is 32.7 Å². The number of rotatable bonds is 4. The molecule has 1 aliphatic rings. The second-order valence-electron chi connectivity index (χ2n) is 4.00. The van der Waals surface area contributed by atoms with Crippen LogP contribution in [0.15, 0.2) is 0 Å². The lowest BCUT2D eigenvalue weighted by atomic mass is 9.99. The fourth-order valence-corrected chi connectivity index (χ4v) is 2.13. The fraction of sp³-hybridized carbons (Fsp3) is 0.909. The Morgan fingerprint density at radius 1 is 1.50 bits per heavy atom. The highest BCUT2D eigenvalue weighted by atomic mass is 16.2. The van der Waals surface area contributed by atoms with Crippen LogP contribution in [0.1, 0.15) is 39.0 Å². The molecule has 0 aromatic rings. The number of likely N-dealkylation sites (tertiary alicyclic amines) is 1. The van der Waals surface area contributed by atoms with Crippen molar-refractivity contribution in [2.45, 2.75) is 45.1 Å². The molecule has 1 unspecified atom stereocenters. The molecule has 1 aliphatic heterocycles. The summed E-state index contributed by atoms with van der Waals surface area (Å²) in [4.78, 5) is 13.9. The summed E-state index contributed by atoms with van der Waals surface area (Å²) in [6.07, 6.45) is 5.41. The first kappa shape index (κ1) is 11.5. The van der Waals surface area contributed by atoms with Crippen LogP contribution in [0.3, 0.4) is 0 Å². The van der Waals surface area contributed by atoms with Gasteiger partial charge in [0, 0.05) is 25.6 Å².